The second-order valence-corrected chi connectivity index (χ2v) is 8.56. The Balaban J connectivity index is 1.86. The van der Waals surface area contributed by atoms with E-state index in [2.05, 4.69) is 63.6 Å². The fraction of sp³-hybridized carbons (Fsp3) is 0.400. The minimum absolute atomic E-state index is 0.0697. The molecule has 0 aliphatic heterocycles. The van der Waals surface area contributed by atoms with Gasteiger partial charge in [-0.2, -0.15) is 0 Å². The molecule has 1 aliphatic rings. The SMILES string of the molecule is CSNC(C)(C)c1cccn2c(C3(c4ccc(Cl)cc4)CCC3)nnc12. The third-order valence-corrected chi connectivity index (χ3v) is 6.46. The fourth-order valence-electron chi connectivity index (χ4n) is 3.98. The van der Waals surface area contributed by atoms with Crippen LogP contribution in [-0.4, -0.2) is 20.9 Å². The van der Waals surface area contributed by atoms with Crippen LogP contribution < -0.4 is 4.72 Å². The lowest BCUT2D eigenvalue weighted by Gasteiger charge is -2.41. The van der Waals surface area contributed by atoms with Crippen LogP contribution in [0.25, 0.3) is 5.65 Å². The van der Waals surface area contributed by atoms with Crippen molar-refractivity contribution >= 4 is 29.2 Å². The Kier molecular flexibility index (Phi) is 4.49. The van der Waals surface area contributed by atoms with Gasteiger partial charge in [-0.1, -0.05) is 48.2 Å². The average molecular weight is 387 g/mol. The topological polar surface area (TPSA) is 42.2 Å². The monoisotopic (exact) mass is 386 g/mol. The summed E-state index contributed by atoms with van der Waals surface area (Å²) in [4.78, 5) is 0. The first-order valence-corrected chi connectivity index (χ1v) is 10.5. The smallest absolute Gasteiger partial charge is 0.165 e. The zero-order chi connectivity index (χ0) is 18.4. The molecule has 3 aromatic rings. The van der Waals surface area contributed by atoms with Crippen molar-refractivity contribution in [3.8, 4) is 0 Å². The Morgan fingerprint density at radius 1 is 1.15 bits per heavy atom. The first-order valence-electron chi connectivity index (χ1n) is 8.89. The predicted molar refractivity (Wildman–Crippen MR) is 109 cm³/mol. The Morgan fingerprint density at radius 3 is 2.50 bits per heavy atom. The lowest BCUT2D eigenvalue weighted by molar-refractivity contribution is 0.283. The van der Waals surface area contributed by atoms with E-state index in [0.29, 0.717) is 0 Å². The molecule has 0 unspecified atom stereocenters. The van der Waals surface area contributed by atoms with Gasteiger partial charge in [0, 0.05) is 16.8 Å². The van der Waals surface area contributed by atoms with Crippen molar-refractivity contribution in [2.45, 2.75) is 44.1 Å². The number of aromatic nitrogens is 3. The zero-order valence-corrected chi connectivity index (χ0v) is 16.9. The zero-order valence-electron chi connectivity index (χ0n) is 15.3. The van der Waals surface area contributed by atoms with Crippen molar-refractivity contribution in [2.24, 2.45) is 0 Å². The maximum atomic E-state index is 6.10. The van der Waals surface area contributed by atoms with Gasteiger partial charge in [0.15, 0.2) is 5.65 Å². The number of pyridine rings is 1. The normalized spacial score (nSPS) is 16.6. The van der Waals surface area contributed by atoms with Crippen LogP contribution in [0.15, 0.2) is 42.6 Å². The molecule has 1 N–H and O–H groups in total. The van der Waals surface area contributed by atoms with Gasteiger partial charge in [-0.15, -0.1) is 10.2 Å². The van der Waals surface area contributed by atoms with Crippen molar-refractivity contribution in [2.75, 3.05) is 6.26 Å². The first-order chi connectivity index (χ1) is 12.5. The van der Waals surface area contributed by atoms with Crippen LogP contribution in [0.1, 0.15) is 50.1 Å². The van der Waals surface area contributed by atoms with Gasteiger partial charge in [-0.05, 0) is 56.7 Å². The molecule has 0 spiro atoms. The van der Waals surface area contributed by atoms with E-state index in [4.69, 9.17) is 11.6 Å². The number of hydrogen-bond acceptors (Lipinski definition) is 4. The highest BCUT2D eigenvalue weighted by atomic mass is 35.5. The molecule has 136 valence electrons. The number of hydrogen-bond donors (Lipinski definition) is 1. The Hall–Kier alpha value is -1.56. The summed E-state index contributed by atoms with van der Waals surface area (Å²) in [5, 5.41) is 10.0. The molecule has 0 bridgehead atoms. The maximum absolute atomic E-state index is 6.10. The summed E-state index contributed by atoms with van der Waals surface area (Å²) in [7, 11) is 0. The van der Waals surface area contributed by atoms with Crippen molar-refractivity contribution in [3.63, 3.8) is 0 Å². The highest BCUT2D eigenvalue weighted by molar-refractivity contribution is 7.96. The molecular weight excluding hydrogens is 364 g/mol. The quantitative estimate of drug-likeness (QED) is 0.629. The minimum atomic E-state index is -0.195. The summed E-state index contributed by atoms with van der Waals surface area (Å²) < 4.78 is 5.64. The maximum Gasteiger partial charge on any atom is 0.165 e. The van der Waals surface area contributed by atoms with E-state index in [1.807, 2.05) is 18.4 Å². The number of rotatable bonds is 5. The van der Waals surface area contributed by atoms with Crippen molar-refractivity contribution in [1.29, 1.82) is 0 Å². The Morgan fingerprint density at radius 2 is 1.88 bits per heavy atom. The third-order valence-electron chi connectivity index (χ3n) is 5.50. The molecule has 2 aromatic heterocycles. The molecule has 26 heavy (non-hydrogen) atoms. The molecule has 1 aliphatic carbocycles. The van der Waals surface area contributed by atoms with Crippen LogP contribution in [0.3, 0.4) is 0 Å². The molecule has 0 saturated heterocycles. The fourth-order valence-corrected chi connectivity index (χ4v) is 4.73. The van der Waals surface area contributed by atoms with Crippen molar-refractivity contribution in [3.05, 3.63) is 64.6 Å². The van der Waals surface area contributed by atoms with E-state index in [9.17, 15) is 0 Å². The molecule has 4 rings (SSSR count). The summed E-state index contributed by atoms with van der Waals surface area (Å²) in [5.41, 5.74) is 3.08. The van der Waals surface area contributed by atoms with Crippen molar-refractivity contribution < 1.29 is 0 Å². The molecule has 1 saturated carbocycles. The van der Waals surface area contributed by atoms with Crippen LogP contribution >= 0.6 is 23.5 Å². The minimum Gasteiger partial charge on any atom is -0.285 e. The summed E-state index contributed by atoms with van der Waals surface area (Å²) >= 11 is 7.72. The molecule has 4 nitrogen and oxygen atoms in total. The number of benzene rings is 1. The van der Waals surface area contributed by atoms with Gasteiger partial charge in [0.1, 0.15) is 5.82 Å². The molecular formula is C20H23ClN4S. The molecule has 0 radical (unpaired) electrons. The van der Waals surface area contributed by atoms with Gasteiger partial charge >= 0.3 is 0 Å². The predicted octanol–water partition coefficient (Wildman–Crippen LogP) is 4.96. The number of nitrogens with one attached hydrogen (secondary N) is 1. The average Bonchev–Trinajstić information content (AvgIpc) is 3.00. The van der Waals surface area contributed by atoms with Crippen LogP contribution in [0.4, 0.5) is 0 Å². The molecule has 2 heterocycles. The molecule has 0 amide bonds. The van der Waals surface area contributed by atoms with E-state index in [1.165, 1.54) is 12.0 Å². The second kappa shape index (κ2) is 6.55. The van der Waals surface area contributed by atoms with Crippen LogP contribution in [0, 0.1) is 0 Å². The van der Waals surface area contributed by atoms with Gasteiger partial charge < -0.3 is 0 Å². The standard InChI is InChI=1S/C20H23ClN4S/c1-19(2,24-26-3)16-6-4-13-25-17(16)22-23-18(25)20(11-5-12-20)14-7-9-15(21)10-8-14/h4,6-10,13,24H,5,11-12H2,1-3H3. The second-order valence-electron chi connectivity index (χ2n) is 7.51. The lowest BCUT2D eigenvalue weighted by Crippen LogP contribution is -2.37. The summed E-state index contributed by atoms with van der Waals surface area (Å²) in [5.74, 6) is 1.03. The van der Waals surface area contributed by atoms with E-state index in [1.54, 1.807) is 11.9 Å². The highest BCUT2D eigenvalue weighted by Crippen LogP contribution is 2.48. The Labute approximate surface area is 163 Å². The third kappa shape index (κ3) is 2.73. The molecule has 1 aromatic carbocycles. The van der Waals surface area contributed by atoms with E-state index in [0.717, 1.165) is 34.9 Å². The van der Waals surface area contributed by atoms with Gasteiger partial charge in [0.05, 0.1) is 11.0 Å². The first kappa shape index (κ1) is 17.8. The lowest BCUT2D eigenvalue weighted by atomic mass is 9.64. The van der Waals surface area contributed by atoms with Gasteiger partial charge in [0.2, 0.25) is 0 Å². The van der Waals surface area contributed by atoms with E-state index >= 15 is 0 Å². The Bertz CT molecular complexity index is 929. The van der Waals surface area contributed by atoms with Crippen LogP contribution in [0.5, 0.6) is 0 Å². The summed E-state index contributed by atoms with van der Waals surface area (Å²) in [6, 6.07) is 12.4. The van der Waals surface area contributed by atoms with Gasteiger partial charge in [-0.25, -0.2) is 0 Å². The van der Waals surface area contributed by atoms with Crippen molar-refractivity contribution in [1.82, 2.24) is 19.3 Å². The number of halogens is 1. The van der Waals surface area contributed by atoms with E-state index < -0.39 is 0 Å². The molecule has 1 fully saturated rings. The number of fused-ring (bicyclic) bond motifs is 1. The largest absolute Gasteiger partial charge is 0.285 e. The summed E-state index contributed by atoms with van der Waals surface area (Å²) in [6.45, 7) is 4.34. The highest BCUT2D eigenvalue weighted by Gasteiger charge is 2.44. The molecule has 0 atom stereocenters. The van der Waals surface area contributed by atoms with E-state index in [-0.39, 0.29) is 11.0 Å². The van der Waals surface area contributed by atoms with Crippen LogP contribution in [0.2, 0.25) is 5.02 Å². The molecule has 6 heteroatoms. The van der Waals surface area contributed by atoms with Gasteiger partial charge in [-0.3, -0.25) is 9.12 Å². The van der Waals surface area contributed by atoms with Gasteiger partial charge in [0.25, 0.3) is 0 Å². The number of nitrogens with zero attached hydrogens (tertiary/aromatic N) is 3. The van der Waals surface area contributed by atoms with Crippen LogP contribution in [-0.2, 0) is 11.0 Å². The summed E-state index contributed by atoms with van der Waals surface area (Å²) in [6.07, 6.45) is 7.51.